The molecule has 156 valence electrons. The number of aromatic nitrogens is 1. The maximum absolute atomic E-state index is 12.0. The summed E-state index contributed by atoms with van der Waals surface area (Å²) in [6.07, 6.45) is 3.43. The Morgan fingerprint density at radius 1 is 1.17 bits per heavy atom. The molecule has 0 radical (unpaired) electrons. The van der Waals surface area contributed by atoms with Crippen molar-refractivity contribution in [1.29, 1.82) is 0 Å². The van der Waals surface area contributed by atoms with Gasteiger partial charge in [-0.05, 0) is 36.3 Å². The number of piperazine rings is 1. The second kappa shape index (κ2) is 9.60. The van der Waals surface area contributed by atoms with E-state index in [-0.39, 0.29) is 5.91 Å². The van der Waals surface area contributed by atoms with E-state index in [4.69, 9.17) is 16.6 Å². The van der Waals surface area contributed by atoms with Gasteiger partial charge in [-0.2, -0.15) is 0 Å². The maximum Gasteiger partial charge on any atom is 0.244 e. The third kappa shape index (κ3) is 5.01. The van der Waals surface area contributed by atoms with Crippen LogP contribution >= 0.6 is 22.9 Å². The minimum atomic E-state index is -0.0546. The first-order valence-corrected chi connectivity index (χ1v) is 11.3. The van der Waals surface area contributed by atoms with Crippen LogP contribution in [0.5, 0.6) is 0 Å². The molecule has 1 fully saturated rings. The standard InChI is InChI=1S/C23H25ClN4OS/c1-17-19(24)8-9-20-22(17)26-23(30-20)28-15-13-27(14-16-28)12-11-25-21(29)10-7-18-5-3-2-4-6-18/h2-10H,11-16H2,1H3,(H,25,29)/b10-7+. The topological polar surface area (TPSA) is 48.5 Å². The average molecular weight is 441 g/mol. The Kier molecular flexibility index (Phi) is 6.67. The Morgan fingerprint density at radius 3 is 2.70 bits per heavy atom. The SMILES string of the molecule is Cc1c(Cl)ccc2sc(N3CCN(CCNC(=O)/C=C/c4ccccc4)CC3)nc12. The van der Waals surface area contributed by atoms with Crippen molar-refractivity contribution in [1.82, 2.24) is 15.2 Å². The van der Waals surface area contributed by atoms with Crippen molar-refractivity contribution in [2.45, 2.75) is 6.92 Å². The molecule has 1 aliphatic heterocycles. The van der Waals surface area contributed by atoms with Crippen molar-refractivity contribution in [3.63, 3.8) is 0 Å². The van der Waals surface area contributed by atoms with E-state index in [2.05, 4.69) is 21.2 Å². The summed E-state index contributed by atoms with van der Waals surface area (Å²) < 4.78 is 1.18. The van der Waals surface area contributed by atoms with Crippen LogP contribution < -0.4 is 10.2 Å². The van der Waals surface area contributed by atoms with Crippen molar-refractivity contribution in [3.05, 3.63) is 64.7 Å². The minimum absolute atomic E-state index is 0.0546. The summed E-state index contributed by atoms with van der Waals surface area (Å²) in [7, 11) is 0. The van der Waals surface area contributed by atoms with Crippen molar-refractivity contribution < 1.29 is 4.79 Å². The van der Waals surface area contributed by atoms with Gasteiger partial charge in [-0.1, -0.05) is 53.3 Å². The Morgan fingerprint density at radius 2 is 1.93 bits per heavy atom. The van der Waals surface area contributed by atoms with E-state index >= 15 is 0 Å². The van der Waals surface area contributed by atoms with E-state index in [9.17, 15) is 4.79 Å². The van der Waals surface area contributed by atoms with Crippen molar-refractivity contribution in [3.8, 4) is 0 Å². The zero-order valence-electron chi connectivity index (χ0n) is 17.0. The molecule has 1 saturated heterocycles. The van der Waals surface area contributed by atoms with Gasteiger partial charge in [-0.15, -0.1) is 0 Å². The van der Waals surface area contributed by atoms with E-state index in [1.54, 1.807) is 17.4 Å². The van der Waals surface area contributed by atoms with Crippen LogP contribution in [-0.4, -0.2) is 55.1 Å². The normalized spacial score (nSPS) is 15.2. The number of benzene rings is 2. The lowest BCUT2D eigenvalue weighted by molar-refractivity contribution is -0.116. The first-order chi connectivity index (χ1) is 14.6. The fourth-order valence-corrected chi connectivity index (χ4v) is 4.75. The molecule has 0 aliphatic carbocycles. The number of carbonyl (C=O) groups excluding carboxylic acids is 1. The van der Waals surface area contributed by atoms with Gasteiger partial charge in [-0.25, -0.2) is 4.98 Å². The van der Waals surface area contributed by atoms with Crippen molar-refractivity contribution in [2.24, 2.45) is 0 Å². The number of carbonyl (C=O) groups is 1. The minimum Gasteiger partial charge on any atom is -0.351 e. The molecule has 4 rings (SSSR count). The number of amides is 1. The molecule has 2 heterocycles. The molecule has 7 heteroatoms. The molecule has 3 aromatic rings. The Hall–Kier alpha value is -2.41. The van der Waals surface area contributed by atoms with Gasteiger partial charge in [-0.3, -0.25) is 9.69 Å². The van der Waals surface area contributed by atoms with E-state index in [1.807, 2.05) is 49.4 Å². The molecule has 2 aromatic carbocycles. The summed E-state index contributed by atoms with van der Waals surface area (Å²) >= 11 is 7.96. The highest BCUT2D eigenvalue weighted by molar-refractivity contribution is 7.22. The summed E-state index contributed by atoms with van der Waals surface area (Å²) in [5.41, 5.74) is 3.08. The third-order valence-electron chi connectivity index (χ3n) is 5.33. The quantitative estimate of drug-likeness (QED) is 0.583. The van der Waals surface area contributed by atoms with Crippen LogP contribution in [0.15, 0.2) is 48.5 Å². The van der Waals surface area contributed by atoms with Crippen LogP contribution in [0.4, 0.5) is 5.13 Å². The van der Waals surface area contributed by atoms with Gasteiger partial charge in [0, 0.05) is 50.4 Å². The summed E-state index contributed by atoms with van der Waals surface area (Å²) in [4.78, 5) is 21.5. The number of nitrogens with one attached hydrogen (secondary N) is 1. The lowest BCUT2D eigenvalue weighted by Gasteiger charge is -2.34. The van der Waals surface area contributed by atoms with Gasteiger partial charge in [0.15, 0.2) is 5.13 Å². The number of hydrogen-bond acceptors (Lipinski definition) is 5. The van der Waals surface area contributed by atoms with Gasteiger partial charge in [0.2, 0.25) is 5.91 Å². The van der Waals surface area contributed by atoms with E-state index in [0.29, 0.717) is 6.54 Å². The van der Waals surface area contributed by atoms with Crippen LogP contribution in [0.2, 0.25) is 5.02 Å². The van der Waals surface area contributed by atoms with Gasteiger partial charge in [0.05, 0.1) is 10.2 Å². The van der Waals surface area contributed by atoms with Crippen LogP contribution in [0, 0.1) is 6.92 Å². The predicted octanol–water partition coefficient (Wildman–Crippen LogP) is 4.21. The first-order valence-electron chi connectivity index (χ1n) is 10.1. The fourth-order valence-electron chi connectivity index (χ4n) is 3.52. The third-order valence-corrected chi connectivity index (χ3v) is 6.82. The second-order valence-electron chi connectivity index (χ2n) is 7.38. The largest absolute Gasteiger partial charge is 0.351 e. The lowest BCUT2D eigenvalue weighted by atomic mass is 10.2. The highest BCUT2D eigenvalue weighted by Gasteiger charge is 2.20. The van der Waals surface area contributed by atoms with Crippen LogP contribution in [0.3, 0.4) is 0 Å². The summed E-state index contributed by atoms with van der Waals surface area (Å²) in [5.74, 6) is -0.0546. The Balaban J connectivity index is 1.23. The van der Waals surface area contributed by atoms with Crippen LogP contribution in [0.1, 0.15) is 11.1 Å². The Labute approximate surface area is 186 Å². The molecule has 1 amide bonds. The fraction of sp³-hybridized carbons (Fsp3) is 0.304. The molecule has 0 unspecified atom stereocenters. The highest BCUT2D eigenvalue weighted by Crippen LogP contribution is 2.33. The molecule has 0 bridgehead atoms. The summed E-state index contributed by atoms with van der Waals surface area (Å²) in [5, 5.41) is 4.80. The number of fused-ring (bicyclic) bond motifs is 1. The zero-order chi connectivity index (χ0) is 20.9. The van der Waals surface area contributed by atoms with Crippen LogP contribution in [0.25, 0.3) is 16.3 Å². The number of aryl methyl sites for hydroxylation is 1. The van der Waals surface area contributed by atoms with Gasteiger partial charge < -0.3 is 10.2 Å². The van der Waals surface area contributed by atoms with Crippen molar-refractivity contribution in [2.75, 3.05) is 44.2 Å². The van der Waals surface area contributed by atoms with Crippen LogP contribution in [-0.2, 0) is 4.79 Å². The molecule has 1 aromatic heterocycles. The molecule has 1 N–H and O–H groups in total. The number of halogens is 1. The molecule has 0 saturated carbocycles. The number of thiazole rings is 1. The summed E-state index contributed by atoms with van der Waals surface area (Å²) in [6, 6.07) is 13.8. The first kappa shape index (κ1) is 20.8. The number of anilines is 1. The second-order valence-corrected chi connectivity index (χ2v) is 8.80. The summed E-state index contributed by atoms with van der Waals surface area (Å²) in [6.45, 7) is 7.33. The van der Waals surface area contributed by atoms with Crippen molar-refractivity contribution >= 4 is 50.3 Å². The van der Waals surface area contributed by atoms with Gasteiger partial charge >= 0.3 is 0 Å². The number of rotatable bonds is 6. The monoisotopic (exact) mass is 440 g/mol. The van der Waals surface area contributed by atoms with E-state index in [1.165, 1.54) is 4.70 Å². The smallest absolute Gasteiger partial charge is 0.244 e. The van der Waals surface area contributed by atoms with Gasteiger partial charge in [0.1, 0.15) is 0 Å². The zero-order valence-corrected chi connectivity index (χ0v) is 18.5. The molecule has 5 nitrogen and oxygen atoms in total. The highest BCUT2D eigenvalue weighted by atomic mass is 35.5. The lowest BCUT2D eigenvalue weighted by Crippen LogP contribution is -2.48. The van der Waals surface area contributed by atoms with Gasteiger partial charge in [0.25, 0.3) is 0 Å². The maximum atomic E-state index is 12.0. The Bertz CT molecular complexity index is 1040. The molecular formula is C23H25ClN4OS. The average Bonchev–Trinajstić information content (AvgIpc) is 3.21. The number of hydrogen-bond donors (Lipinski definition) is 1. The predicted molar refractivity (Wildman–Crippen MR) is 127 cm³/mol. The molecule has 30 heavy (non-hydrogen) atoms. The molecule has 0 spiro atoms. The van der Waals surface area contributed by atoms with E-state index in [0.717, 1.165) is 59.5 Å². The van der Waals surface area contributed by atoms with E-state index < -0.39 is 0 Å². The molecule has 0 atom stereocenters. The molecular weight excluding hydrogens is 416 g/mol. The number of nitrogens with zero attached hydrogens (tertiary/aromatic N) is 3. The molecule has 1 aliphatic rings.